The molecule has 0 fully saturated rings. The fraction of sp³-hybridized carbons (Fsp3) is 0.727. The highest BCUT2D eigenvalue weighted by Gasteiger charge is 1.98. The first-order valence-electron chi connectivity index (χ1n) is 5.02. The summed E-state index contributed by atoms with van der Waals surface area (Å²) in [5.74, 6) is -0.196. The maximum absolute atomic E-state index is 10.6. The molecule has 2 nitrogen and oxygen atoms in total. The predicted octanol–water partition coefficient (Wildman–Crippen LogP) is 3.08. The van der Waals surface area contributed by atoms with Crippen molar-refractivity contribution in [1.82, 2.24) is 0 Å². The van der Waals surface area contributed by atoms with Crippen molar-refractivity contribution in [2.24, 2.45) is 0 Å². The molecule has 0 bridgehead atoms. The Bertz CT molecular complexity index is 171. The second-order valence-corrected chi connectivity index (χ2v) is 3.18. The van der Waals surface area contributed by atoms with Gasteiger partial charge >= 0.3 is 5.97 Å². The van der Waals surface area contributed by atoms with E-state index in [1.165, 1.54) is 12.5 Å². The molecule has 0 aromatic carbocycles. The number of allylic oxidation sites excluding steroid dienone is 1. The fourth-order valence-electron chi connectivity index (χ4n) is 1.10. The van der Waals surface area contributed by atoms with Crippen LogP contribution in [0.15, 0.2) is 11.6 Å². The number of esters is 1. The SMILES string of the molecule is CCC/C=C(\CCC)COC(C)=O. The van der Waals surface area contributed by atoms with Crippen LogP contribution in [0.25, 0.3) is 0 Å². The van der Waals surface area contributed by atoms with Crippen molar-refractivity contribution in [3.8, 4) is 0 Å². The molecule has 0 N–H and O–H groups in total. The van der Waals surface area contributed by atoms with Gasteiger partial charge in [0.15, 0.2) is 0 Å². The molecule has 0 aliphatic carbocycles. The minimum absolute atomic E-state index is 0.196. The number of ether oxygens (including phenoxy) is 1. The molecule has 0 aliphatic rings. The van der Waals surface area contributed by atoms with Crippen LogP contribution in [0.5, 0.6) is 0 Å². The summed E-state index contributed by atoms with van der Waals surface area (Å²) in [6, 6.07) is 0. The number of unbranched alkanes of at least 4 members (excludes halogenated alkanes) is 1. The number of carbonyl (C=O) groups excluding carboxylic acids is 1. The molecule has 0 amide bonds. The van der Waals surface area contributed by atoms with E-state index in [1.54, 1.807) is 0 Å². The monoisotopic (exact) mass is 184 g/mol. The molecule has 0 aromatic heterocycles. The molecule has 0 spiro atoms. The van der Waals surface area contributed by atoms with E-state index in [1.807, 2.05) is 0 Å². The Kier molecular flexibility index (Phi) is 7.36. The smallest absolute Gasteiger partial charge is 0.302 e. The summed E-state index contributed by atoms with van der Waals surface area (Å²) >= 11 is 0. The van der Waals surface area contributed by atoms with Gasteiger partial charge in [0.2, 0.25) is 0 Å². The van der Waals surface area contributed by atoms with Gasteiger partial charge in [0.05, 0.1) is 0 Å². The zero-order chi connectivity index (χ0) is 10.1. The summed E-state index contributed by atoms with van der Waals surface area (Å²) < 4.78 is 4.95. The molecule has 0 heterocycles. The van der Waals surface area contributed by atoms with Crippen molar-refractivity contribution in [2.75, 3.05) is 6.61 Å². The quantitative estimate of drug-likeness (QED) is 0.468. The molecule has 0 rings (SSSR count). The number of hydrogen-bond donors (Lipinski definition) is 0. The van der Waals surface area contributed by atoms with E-state index in [9.17, 15) is 4.79 Å². The van der Waals surface area contributed by atoms with Crippen LogP contribution in [-0.2, 0) is 9.53 Å². The van der Waals surface area contributed by atoms with Gasteiger partial charge in [0, 0.05) is 6.92 Å². The van der Waals surface area contributed by atoms with Crippen molar-refractivity contribution in [3.63, 3.8) is 0 Å². The van der Waals surface area contributed by atoms with Gasteiger partial charge in [0.1, 0.15) is 6.61 Å². The van der Waals surface area contributed by atoms with Crippen LogP contribution >= 0.6 is 0 Å². The van der Waals surface area contributed by atoms with E-state index in [0.717, 1.165) is 25.7 Å². The van der Waals surface area contributed by atoms with Gasteiger partial charge in [-0.15, -0.1) is 0 Å². The molecular formula is C11H20O2. The highest BCUT2D eigenvalue weighted by atomic mass is 16.5. The van der Waals surface area contributed by atoms with Gasteiger partial charge in [-0.2, -0.15) is 0 Å². The Morgan fingerprint density at radius 2 is 2.00 bits per heavy atom. The maximum atomic E-state index is 10.6. The van der Waals surface area contributed by atoms with Gasteiger partial charge in [0.25, 0.3) is 0 Å². The third kappa shape index (κ3) is 7.57. The lowest BCUT2D eigenvalue weighted by Gasteiger charge is -2.05. The third-order valence-electron chi connectivity index (χ3n) is 1.75. The van der Waals surface area contributed by atoms with Crippen molar-refractivity contribution in [1.29, 1.82) is 0 Å². The largest absolute Gasteiger partial charge is 0.461 e. The number of hydrogen-bond acceptors (Lipinski definition) is 2. The summed E-state index contributed by atoms with van der Waals surface area (Å²) in [7, 11) is 0. The topological polar surface area (TPSA) is 26.3 Å². The fourth-order valence-corrected chi connectivity index (χ4v) is 1.10. The Morgan fingerprint density at radius 3 is 2.46 bits per heavy atom. The van der Waals surface area contributed by atoms with Crippen molar-refractivity contribution in [2.45, 2.75) is 46.5 Å². The Balaban J connectivity index is 3.85. The summed E-state index contributed by atoms with van der Waals surface area (Å²) in [5.41, 5.74) is 1.25. The molecule has 0 radical (unpaired) electrons. The molecule has 2 heteroatoms. The second kappa shape index (κ2) is 7.84. The summed E-state index contributed by atoms with van der Waals surface area (Å²) in [4.78, 5) is 10.6. The molecule has 0 unspecified atom stereocenters. The molecule has 76 valence electrons. The number of rotatable bonds is 6. The lowest BCUT2D eigenvalue weighted by Crippen LogP contribution is -2.03. The molecule has 0 saturated carbocycles. The Labute approximate surface area is 81.0 Å². The average Bonchev–Trinajstić information content (AvgIpc) is 2.09. The molecule has 0 aromatic rings. The molecular weight excluding hydrogens is 164 g/mol. The van der Waals surface area contributed by atoms with Crippen LogP contribution < -0.4 is 0 Å². The summed E-state index contributed by atoms with van der Waals surface area (Å²) in [6.07, 6.45) is 6.56. The lowest BCUT2D eigenvalue weighted by molar-refractivity contribution is -0.140. The molecule has 13 heavy (non-hydrogen) atoms. The van der Waals surface area contributed by atoms with Crippen LogP contribution in [0.1, 0.15) is 46.5 Å². The number of carbonyl (C=O) groups is 1. The molecule has 0 aliphatic heterocycles. The molecule has 0 atom stereocenters. The van der Waals surface area contributed by atoms with E-state index in [4.69, 9.17) is 4.74 Å². The standard InChI is InChI=1S/C11H20O2/c1-4-6-8-11(7-5-2)9-13-10(3)12/h8H,4-7,9H2,1-3H3/b11-8+. The zero-order valence-corrected chi connectivity index (χ0v) is 8.93. The average molecular weight is 184 g/mol. The van der Waals surface area contributed by atoms with Crippen molar-refractivity contribution >= 4 is 5.97 Å². The van der Waals surface area contributed by atoms with Crippen LogP contribution in [0, 0.1) is 0 Å². The highest BCUT2D eigenvalue weighted by Crippen LogP contribution is 2.07. The lowest BCUT2D eigenvalue weighted by atomic mass is 10.1. The minimum atomic E-state index is -0.196. The highest BCUT2D eigenvalue weighted by molar-refractivity contribution is 5.66. The minimum Gasteiger partial charge on any atom is -0.461 e. The molecule has 0 saturated heterocycles. The maximum Gasteiger partial charge on any atom is 0.302 e. The van der Waals surface area contributed by atoms with Crippen LogP contribution in [-0.4, -0.2) is 12.6 Å². The van der Waals surface area contributed by atoms with Gasteiger partial charge in [-0.05, 0) is 18.4 Å². The first-order valence-corrected chi connectivity index (χ1v) is 5.02. The van der Waals surface area contributed by atoms with Gasteiger partial charge < -0.3 is 4.74 Å². The van der Waals surface area contributed by atoms with Crippen LogP contribution in [0.3, 0.4) is 0 Å². The van der Waals surface area contributed by atoms with E-state index in [2.05, 4.69) is 19.9 Å². The van der Waals surface area contributed by atoms with E-state index in [0.29, 0.717) is 6.61 Å². The Morgan fingerprint density at radius 1 is 1.31 bits per heavy atom. The summed E-state index contributed by atoms with van der Waals surface area (Å²) in [6.45, 7) is 6.20. The van der Waals surface area contributed by atoms with E-state index < -0.39 is 0 Å². The van der Waals surface area contributed by atoms with Gasteiger partial charge in [-0.25, -0.2) is 0 Å². The van der Waals surface area contributed by atoms with Crippen LogP contribution in [0.2, 0.25) is 0 Å². The van der Waals surface area contributed by atoms with Crippen LogP contribution in [0.4, 0.5) is 0 Å². The zero-order valence-electron chi connectivity index (χ0n) is 8.93. The van der Waals surface area contributed by atoms with Gasteiger partial charge in [-0.1, -0.05) is 32.8 Å². The van der Waals surface area contributed by atoms with Gasteiger partial charge in [-0.3, -0.25) is 4.79 Å². The Hall–Kier alpha value is -0.790. The van der Waals surface area contributed by atoms with Crippen molar-refractivity contribution < 1.29 is 9.53 Å². The normalized spacial score (nSPS) is 11.5. The first-order chi connectivity index (χ1) is 6.20. The third-order valence-corrected chi connectivity index (χ3v) is 1.75. The predicted molar refractivity (Wildman–Crippen MR) is 54.5 cm³/mol. The van der Waals surface area contributed by atoms with E-state index >= 15 is 0 Å². The van der Waals surface area contributed by atoms with Crippen molar-refractivity contribution in [3.05, 3.63) is 11.6 Å². The first kappa shape index (κ1) is 12.2. The second-order valence-electron chi connectivity index (χ2n) is 3.18. The van der Waals surface area contributed by atoms with E-state index in [-0.39, 0.29) is 5.97 Å². The summed E-state index contributed by atoms with van der Waals surface area (Å²) in [5, 5.41) is 0.